The SMILES string of the molecule is COC(C)OC(=O)N(COC(C)O)COC(C)O. The van der Waals surface area contributed by atoms with Gasteiger partial charge in [-0.05, 0) is 20.8 Å². The first-order chi connectivity index (χ1) is 8.36. The van der Waals surface area contributed by atoms with Crippen molar-refractivity contribution in [3.63, 3.8) is 0 Å². The van der Waals surface area contributed by atoms with Crippen molar-refractivity contribution in [1.29, 1.82) is 0 Å². The Morgan fingerprint density at radius 1 is 1.11 bits per heavy atom. The number of amides is 1. The highest BCUT2D eigenvalue weighted by molar-refractivity contribution is 5.67. The fourth-order valence-electron chi connectivity index (χ4n) is 0.803. The molecule has 0 aromatic rings. The normalized spacial score (nSPS) is 15.9. The van der Waals surface area contributed by atoms with E-state index in [2.05, 4.69) is 0 Å². The largest absolute Gasteiger partial charge is 0.420 e. The second kappa shape index (κ2) is 9.06. The van der Waals surface area contributed by atoms with Crippen LogP contribution in [0.3, 0.4) is 0 Å². The van der Waals surface area contributed by atoms with Crippen LogP contribution in [0.2, 0.25) is 0 Å². The van der Waals surface area contributed by atoms with E-state index in [1.165, 1.54) is 21.0 Å². The molecule has 0 radical (unpaired) electrons. The molecule has 2 N–H and O–H groups in total. The maximum atomic E-state index is 11.6. The number of aliphatic hydroxyl groups excluding tert-OH is 2. The van der Waals surface area contributed by atoms with Gasteiger partial charge in [-0.1, -0.05) is 0 Å². The summed E-state index contributed by atoms with van der Waals surface area (Å²) in [7, 11) is 1.39. The van der Waals surface area contributed by atoms with E-state index in [9.17, 15) is 4.79 Å². The van der Waals surface area contributed by atoms with Gasteiger partial charge < -0.3 is 29.2 Å². The highest BCUT2D eigenvalue weighted by atomic mass is 16.7. The number of ether oxygens (including phenoxy) is 4. The average Bonchev–Trinajstić information content (AvgIpc) is 2.27. The van der Waals surface area contributed by atoms with Gasteiger partial charge in [-0.3, -0.25) is 4.90 Å². The first kappa shape index (κ1) is 17.1. The highest BCUT2D eigenvalue weighted by Crippen LogP contribution is 2.02. The molecule has 0 aliphatic carbocycles. The maximum absolute atomic E-state index is 11.6. The van der Waals surface area contributed by atoms with Gasteiger partial charge in [-0.2, -0.15) is 0 Å². The molecule has 0 aromatic heterocycles. The number of carbonyl (C=O) groups is 1. The number of hydrogen-bond acceptors (Lipinski definition) is 7. The Morgan fingerprint density at radius 3 is 1.89 bits per heavy atom. The van der Waals surface area contributed by atoms with Crippen molar-refractivity contribution in [2.45, 2.75) is 39.6 Å². The van der Waals surface area contributed by atoms with Crippen LogP contribution in [0.4, 0.5) is 4.79 Å². The molecule has 8 nitrogen and oxygen atoms in total. The van der Waals surface area contributed by atoms with Crippen molar-refractivity contribution in [2.24, 2.45) is 0 Å². The molecule has 0 spiro atoms. The minimum Gasteiger partial charge on any atom is -0.420 e. The number of carbonyl (C=O) groups excluding carboxylic acids is 1. The van der Waals surface area contributed by atoms with Crippen LogP contribution in [0, 0.1) is 0 Å². The minimum atomic E-state index is -1.04. The van der Waals surface area contributed by atoms with Gasteiger partial charge in [0.15, 0.2) is 12.6 Å². The number of rotatable bonds is 8. The standard InChI is InChI=1S/C10H21NO7/c1-7(12)16-5-11(6-17-8(2)13)10(14)18-9(3)15-4/h7-9,12-13H,5-6H2,1-4H3. The van der Waals surface area contributed by atoms with E-state index in [1.807, 2.05) is 0 Å². The van der Waals surface area contributed by atoms with Gasteiger partial charge in [0.25, 0.3) is 0 Å². The van der Waals surface area contributed by atoms with Crippen LogP contribution < -0.4 is 0 Å². The lowest BCUT2D eigenvalue weighted by molar-refractivity contribution is -0.167. The summed E-state index contributed by atoms with van der Waals surface area (Å²) in [6.45, 7) is 3.87. The van der Waals surface area contributed by atoms with Gasteiger partial charge in [0.1, 0.15) is 13.5 Å². The molecule has 0 fully saturated rings. The van der Waals surface area contributed by atoms with Crippen molar-refractivity contribution in [3.8, 4) is 0 Å². The molecule has 0 saturated carbocycles. The summed E-state index contributed by atoms with van der Waals surface area (Å²) in [5.74, 6) is 0. The first-order valence-corrected chi connectivity index (χ1v) is 5.44. The Morgan fingerprint density at radius 2 is 1.56 bits per heavy atom. The lowest BCUT2D eigenvalue weighted by Gasteiger charge is -2.24. The predicted octanol–water partition coefficient (Wildman–Crippen LogP) is 0.0422. The fourth-order valence-corrected chi connectivity index (χ4v) is 0.803. The molecular formula is C10H21NO7. The summed E-state index contributed by atoms with van der Waals surface area (Å²) in [4.78, 5) is 12.7. The summed E-state index contributed by atoms with van der Waals surface area (Å²) in [5, 5.41) is 17.9. The van der Waals surface area contributed by atoms with Crippen molar-refractivity contribution >= 4 is 6.09 Å². The van der Waals surface area contributed by atoms with Gasteiger partial charge in [-0.25, -0.2) is 4.79 Å². The summed E-state index contributed by atoms with van der Waals surface area (Å²) >= 11 is 0. The monoisotopic (exact) mass is 267 g/mol. The van der Waals surface area contributed by atoms with Gasteiger partial charge in [0, 0.05) is 7.11 Å². The lowest BCUT2D eigenvalue weighted by atomic mass is 10.7. The molecule has 0 heterocycles. The molecular weight excluding hydrogens is 246 g/mol. The van der Waals surface area contributed by atoms with Crippen LogP contribution in [0.25, 0.3) is 0 Å². The van der Waals surface area contributed by atoms with E-state index in [0.29, 0.717) is 0 Å². The van der Waals surface area contributed by atoms with E-state index >= 15 is 0 Å². The van der Waals surface area contributed by atoms with Crippen LogP contribution in [0.1, 0.15) is 20.8 Å². The molecule has 0 aliphatic rings. The second-order valence-electron chi connectivity index (χ2n) is 3.52. The maximum Gasteiger partial charge on any atom is 0.415 e. The second-order valence-corrected chi connectivity index (χ2v) is 3.52. The Hall–Kier alpha value is -0.930. The predicted molar refractivity (Wildman–Crippen MR) is 60.1 cm³/mol. The average molecular weight is 267 g/mol. The third kappa shape index (κ3) is 8.20. The molecule has 18 heavy (non-hydrogen) atoms. The summed E-state index contributed by atoms with van der Waals surface area (Å²) in [6.07, 6.45) is -3.54. The Bertz CT molecular complexity index is 222. The van der Waals surface area contributed by atoms with E-state index in [0.717, 1.165) is 4.90 Å². The van der Waals surface area contributed by atoms with Gasteiger partial charge >= 0.3 is 6.09 Å². The van der Waals surface area contributed by atoms with Crippen LogP contribution in [-0.2, 0) is 18.9 Å². The number of methoxy groups -OCH3 is 1. The Balaban J connectivity index is 4.29. The molecule has 3 unspecified atom stereocenters. The van der Waals surface area contributed by atoms with E-state index < -0.39 is 25.0 Å². The molecule has 108 valence electrons. The molecule has 0 saturated heterocycles. The zero-order valence-corrected chi connectivity index (χ0v) is 11.0. The summed E-state index contributed by atoms with van der Waals surface area (Å²) in [5.41, 5.74) is 0. The van der Waals surface area contributed by atoms with E-state index in [-0.39, 0.29) is 13.5 Å². The quantitative estimate of drug-likeness (QED) is 0.599. The smallest absolute Gasteiger partial charge is 0.415 e. The molecule has 0 bridgehead atoms. The van der Waals surface area contributed by atoms with Gasteiger partial charge in [0.2, 0.25) is 6.29 Å². The van der Waals surface area contributed by atoms with E-state index in [4.69, 9.17) is 29.2 Å². The minimum absolute atomic E-state index is 0.236. The van der Waals surface area contributed by atoms with Crippen molar-refractivity contribution in [1.82, 2.24) is 4.90 Å². The molecule has 0 rings (SSSR count). The number of aliphatic hydroxyl groups is 2. The van der Waals surface area contributed by atoms with Crippen LogP contribution in [0.5, 0.6) is 0 Å². The summed E-state index contributed by atoms with van der Waals surface area (Å²) in [6, 6.07) is 0. The third-order valence-corrected chi connectivity index (χ3v) is 1.80. The van der Waals surface area contributed by atoms with Crippen LogP contribution >= 0.6 is 0 Å². The molecule has 8 heteroatoms. The molecule has 1 amide bonds. The summed E-state index contributed by atoms with van der Waals surface area (Å²) < 4.78 is 19.3. The highest BCUT2D eigenvalue weighted by Gasteiger charge is 2.19. The molecule has 0 aromatic carbocycles. The van der Waals surface area contributed by atoms with Gasteiger partial charge in [0.05, 0.1) is 0 Å². The fraction of sp³-hybridized carbons (Fsp3) is 0.900. The van der Waals surface area contributed by atoms with Crippen LogP contribution in [0.15, 0.2) is 0 Å². The van der Waals surface area contributed by atoms with E-state index in [1.54, 1.807) is 6.92 Å². The van der Waals surface area contributed by atoms with Crippen molar-refractivity contribution < 1.29 is 34.0 Å². The molecule has 0 aliphatic heterocycles. The van der Waals surface area contributed by atoms with Crippen molar-refractivity contribution in [2.75, 3.05) is 20.6 Å². The van der Waals surface area contributed by atoms with Crippen molar-refractivity contribution in [3.05, 3.63) is 0 Å². The Kier molecular flexibility index (Phi) is 8.59. The number of hydrogen-bond donors (Lipinski definition) is 2. The van der Waals surface area contributed by atoms with Crippen LogP contribution in [-0.4, -0.2) is 60.6 Å². The number of nitrogens with zero attached hydrogens (tertiary/aromatic N) is 1. The zero-order chi connectivity index (χ0) is 14.1. The topological polar surface area (TPSA) is 97.7 Å². The molecule has 3 atom stereocenters. The zero-order valence-electron chi connectivity index (χ0n) is 11.0. The Labute approximate surface area is 106 Å². The first-order valence-electron chi connectivity index (χ1n) is 5.44. The van der Waals surface area contributed by atoms with Gasteiger partial charge in [-0.15, -0.1) is 0 Å². The lowest BCUT2D eigenvalue weighted by Crippen LogP contribution is -2.39. The third-order valence-electron chi connectivity index (χ3n) is 1.80.